The molecule has 0 spiro atoms. The zero-order valence-electron chi connectivity index (χ0n) is 17.3. The van der Waals surface area contributed by atoms with E-state index < -0.39 is 11.7 Å². The highest BCUT2D eigenvalue weighted by Gasteiger charge is 2.37. The highest BCUT2D eigenvalue weighted by atomic mass is 19.4. The molecule has 0 amide bonds. The summed E-state index contributed by atoms with van der Waals surface area (Å²) in [6, 6.07) is 6.77. The van der Waals surface area contributed by atoms with Crippen molar-refractivity contribution in [2.24, 2.45) is 0 Å². The number of fused-ring (bicyclic) bond motifs is 1. The van der Waals surface area contributed by atoms with E-state index in [1.54, 1.807) is 0 Å². The third kappa shape index (κ3) is 4.93. The minimum absolute atomic E-state index is 0.0648. The molecule has 1 atom stereocenters. The van der Waals surface area contributed by atoms with Crippen molar-refractivity contribution in [2.45, 2.75) is 56.9 Å². The lowest BCUT2D eigenvalue weighted by Gasteiger charge is -2.31. The molecule has 0 radical (unpaired) electrons. The summed E-state index contributed by atoms with van der Waals surface area (Å²) in [5.74, 6) is 0.0162. The minimum atomic E-state index is -4.48. The number of aromatic nitrogens is 2. The van der Waals surface area contributed by atoms with Gasteiger partial charge in [0.25, 0.3) is 0 Å². The molecule has 3 heterocycles. The van der Waals surface area contributed by atoms with Gasteiger partial charge in [0.05, 0.1) is 0 Å². The van der Waals surface area contributed by atoms with Crippen LogP contribution >= 0.6 is 0 Å². The van der Waals surface area contributed by atoms with E-state index in [2.05, 4.69) is 43.0 Å². The van der Waals surface area contributed by atoms with E-state index in [4.69, 9.17) is 0 Å². The smallest absolute Gasteiger partial charge is 0.367 e. The molecular weight excluding hydrogens is 405 g/mol. The highest BCUT2D eigenvalue weighted by Crippen LogP contribution is 2.36. The first-order valence-corrected chi connectivity index (χ1v) is 11.0. The lowest BCUT2D eigenvalue weighted by Crippen LogP contribution is -2.40. The second kappa shape index (κ2) is 8.27. The normalized spacial score (nSPS) is 21.7. The maximum atomic E-state index is 13.3. The van der Waals surface area contributed by atoms with E-state index in [0.717, 1.165) is 57.3 Å². The molecule has 0 bridgehead atoms. The molecule has 1 saturated heterocycles. The van der Waals surface area contributed by atoms with E-state index in [-0.39, 0.29) is 17.8 Å². The molecule has 1 aliphatic carbocycles. The van der Waals surface area contributed by atoms with Crippen LogP contribution in [0.4, 0.5) is 30.6 Å². The number of benzene rings is 1. The average molecular weight is 432 g/mol. The summed E-state index contributed by atoms with van der Waals surface area (Å²) in [6.45, 7) is 4.14. The van der Waals surface area contributed by atoms with Gasteiger partial charge in [-0.3, -0.25) is 4.90 Å². The molecule has 5 rings (SSSR count). The fourth-order valence-electron chi connectivity index (χ4n) is 4.38. The first-order chi connectivity index (χ1) is 14.9. The zero-order chi connectivity index (χ0) is 21.4. The first kappa shape index (κ1) is 20.5. The summed E-state index contributed by atoms with van der Waals surface area (Å²) >= 11 is 0. The summed E-state index contributed by atoms with van der Waals surface area (Å²) < 4.78 is 39.8. The molecule has 166 valence electrons. The fraction of sp³-hybridized carbons (Fsp3) is 0.545. The molecule has 1 aromatic heterocycles. The lowest BCUT2D eigenvalue weighted by atomic mass is 9.98. The Hall–Kier alpha value is -2.39. The van der Waals surface area contributed by atoms with Gasteiger partial charge in [0.1, 0.15) is 11.4 Å². The Balaban J connectivity index is 1.28. The second-order valence-electron chi connectivity index (χ2n) is 8.76. The van der Waals surface area contributed by atoms with Gasteiger partial charge in [-0.05, 0) is 61.9 Å². The molecular formula is C22H27F3N6. The summed E-state index contributed by atoms with van der Waals surface area (Å²) in [4.78, 5) is 10.5. The van der Waals surface area contributed by atoms with Crippen molar-refractivity contribution in [2.75, 3.05) is 30.3 Å². The molecule has 3 aliphatic rings. The van der Waals surface area contributed by atoms with Gasteiger partial charge in [0.15, 0.2) is 0 Å². The van der Waals surface area contributed by atoms with Gasteiger partial charge in [0.2, 0.25) is 5.95 Å². The van der Waals surface area contributed by atoms with E-state index in [1.165, 1.54) is 24.0 Å². The van der Waals surface area contributed by atoms with Gasteiger partial charge < -0.3 is 16.0 Å². The van der Waals surface area contributed by atoms with Crippen LogP contribution in [0.2, 0.25) is 0 Å². The van der Waals surface area contributed by atoms with Gasteiger partial charge in [-0.15, -0.1) is 0 Å². The molecule has 3 N–H and O–H groups in total. The molecule has 1 unspecified atom stereocenters. The van der Waals surface area contributed by atoms with Crippen LogP contribution in [-0.4, -0.2) is 46.6 Å². The fourth-order valence-corrected chi connectivity index (χ4v) is 4.38. The van der Waals surface area contributed by atoms with Crippen molar-refractivity contribution in [1.82, 2.24) is 20.2 Å². The largest absolute Gasteiger partial charge is 0.421 e. The molecule has 31 heavy (non-hydrogen) atoms. The molecule has 1 saturated carbocycles. The number of hydrogen-bond donors (Lipinski definition) is 3. The Kier molecular flexibility index (Phi) is 5.47. The Morgan fingerprint density at radius 1 is 1.16 bits per heavy atom. The van der Waals surface area contributed by atoms with Gasteiger partial charge in [-0.25, -0.2) is 4.98 Å². The monoisotopic (exact) mass is 432 g/mol. The predicted octanol–water partition coefficient (Wildman–Crippen LogP) is 3.92. The number of anilines is 3. The van der Waals surface area contributed by atoms with Crippen LogP contribution in [0, 0.1) is 0 Å². The average Bonchev–Trinajstić information content (AvgIpc) is 3.39. The van der Waals surface area contributed by atoms with Crippen molar-refractivity contribution in [3.8, 4) is 0 Å². The van der Waals surface area contributed by atoms with Crippen molar-refractivity contribution in [3.05, 3.63) is 41.1 Å². The minimum Gasteiger partial charge on any atom is -0.367 e. The maximum absolute atomic E-state index is 13.3. The van der Waals surface area contributed by atoms with E-state index in [1.807, 2.05) is 6.07 Å². The molecule has 6 nitrogen and oxygen atoms in total. The molecule has 9 heteroatoms. The standard InChI is InChI=1S/C22H27F3N6/c23-22(24,25)19-11-27-21(30-20(19)28-16-5-6-16)29-17-4-3-15-12-31(9-7-14(15)10-17)13-18-2-1-8-26-18/h3-4,10-11,16,18,26H,1-2,5-9,12-13H2,(H2,27,28,29,30). The van der Waals surface area contributed by atoms with Crippen LogP contribution in [0.3, 0.4) is 0 Å². The molecule has 2 aliphatic heterocycles. The van der Waals surface area contributed by atoms with E-state index in [0.29, 0.717) is 6.04 Å². The Morgan fingerprint density at radius 3 is 2.77 bits per heavy atom. The van der Waals surface area contributed by atoms with E-state index >= 15 is 0 Å². The van der Waals surface area contributed by atoms with Crippen LogP contribution in [0.15, 0.2) is 24.4 Å². The third-order valence-corrected chi connectivity index (χ3v) is 6.21. The second-order valence-corrected chi connectivity index (χ2v) is 8.76. The molecule has 1 aromatic carbocycles. The lowest BCUT2D eigenvalue weighted by molar-refractivity contribution is -0.137. The van der Waals surface area contributed by atoms with Gasteiger partial charge in [-0.2, -0.15) is 18.2 Å². The summed E-state index contributed by atoms with van der Waals surface area (Å²) in [7, 11) is 0. The Morgan fingerprint density at radius 2 is 2.03 bits per heavy atom. The van der Waals surface area contributed by atoms with Gasteiger partial charge >= 0.3 is 6.18 Å². The van der Waals surface area contributed by atoms with Crippen molar-refractivity contribution < 1.29 is 13.2 Å². The SMILES string of the molecule is FC(F)(F)c1cnc(Nc2ccc3c(c2)CCN(CC2CCCN2)C3)nc1NC1CC1. The Bertz CT molecular complexity index is 937. The van der Waals surface area contributed by atoms with Crippen LogP contribution < -0.4 is 16.0 Å². The summed E-state index contributed by atoms with van der Waals surface area (Å²) in [5.41, 5.74) is 2.54. The summed E-state index contributed by atoms with van der Waals surface area (Å²) in [6.07, 6.45) is 1.56. The number of nitrogens with zero attached hydrogens (tertiary/aromatic N) is 3. The summed E-state index contributed by atoms with van der Waals surface area (Å²) in [5, 5.41) is 9.52. The number of hydrogen-bond acceptors (Lipinski definition) is 6. The Labute approximate surface area is 179 Å². The van der Waals surface area contributed by atoms with Crippen LogP contribution in [0.1, 0.15) is 42.4 Å². The van der Waals surface area contributed by atoms with Gasteiger partial charge in [-0.1, -0.05) is 6.07 Å². The van der Waals surface area contributed by atoms with Crippen LogP contribution in [0.25, 0.3) is 0 Å². The molecule has 2 aromatic rings. The number of rotatable bonds is 6. The number of alkyl halides is 3. The van der Waals surface area contributed by atoms with Crippen molar-refractivity contribution in [1.29, 1.82) is 0 Å². The number of halogens is 3. The number of nitrogens with one attached hydrogen (secondary N) is 3. The van der Waals surface area contributed by atoms with Crippen LogP contribution in [-0.2, 0) is 19.1 Å². The topological polar surface area (TPSA) is 65.1 Å². The van der Waals surface area contributed by atoms with Crippen molar-refractivity contribution in [3.63, 3.8) is 0 Å². The zero-order valence-corrected chi connectivity index (χ0v) is 17.3. The molecule has 2 fully saturated rings. The van der Waals surface area contributed by atoms with Gasteiger partial charge in [0, 0.05) is 43.6 Å². The first-order valence-electron chi connectivity index (χ1n) is 11.0. The third-order valence-electron chi connectivity index (χ3n) is 6.21. The predicted molar refractivity (Wildman–Crippen MR) is 113 cm³/mol. The maximum Gasteiger partial charge on any atom is 0.421 e. The van der Waals surface area contributed by atoms with E-state index in [9.17, 15) is 13.2 Å². The van der Waals surface area contributed by atoms with Crippen LogP contribution in [0.5, 0.6) is 0 Å². The highest BCUT2D eigenvalue weighted by molar-refractivity contribution is 5.59. The quantitative estimate of drug-likeness (QED) is 0.643. The van der Waals surface area contributed by atoms with Crippen molar-refractivity contribution >= 4 is 17.5 Å².